The zero-order valence-electron chi connectivity index (χ0n) is 28.0. The molecule has 0 radical (unpaired) electrons. The van der Waals surface area contributed by atoms with Gasteiger partial charge < -0.3 is 9.32 Å². The number of furan rings is 1. The summed E-state index contributed by atoms with van der Waals surface area (Å²) < 4.78 is 6.65. The first kappa shape index (κ1) is 30.1. The van der Waals surface area contributed by atoms with Gasteiger partial charge in [0, 0.05) is 34.8 Å². The van der Waals surface area contributed by atoms with Crippen molar-refractivity contribution in [2.45, 2.75) is 31.3 Å². The fourth-order valence-electron chi connectivity index (χ4n) is 7.68. The minimum absolute atomic E-state index is 0.0122. The molecule has 4 nitrogen and oxygen atoms in total. The molecule has 0 fully saturated rings. The van der Waals surface area contributed by atoms with Crippen LogP contribution in [0.4, 0.5) is 5.69 Å². The Morgan fingerprint density at radius 3 is 2.02 bits per heavy atom. The quantitative estimate of drug-likeness (QED) is 0.187. The summed E-state index contributed by atoms with van der Waals surface area (Å²) in [5, 5.41) is 1.15. The van der Waals surface area contributed by atoms with Gasteiger partial charge in [-0.25, -0.2) is 4.99 Å². The summed E-state index contributed by atoms with van der Waals surface area (Å²) in [6, 6.07) is 55.9. The predicted molar refractivity (Wildman–Crippen MR) is 206 cm³/mol. The topological polar surface area (TPSA) is 41.1 Å². The van der Waals surface area contributed by atoms with Crippen LogP contribution in [0.15, 0.2) is 172 Å². The molecule has 2 aliphatic heterocycles. The second kappa shape index (κ2) is 12.8. The number of hydrogen-bond donors (Lipinski definition) is 0. The summed E-state index contributed by atoms with van der Waals surface area (Å²) in [5.74, 6) is 1.78. The van der Waals surface area contributed by atoms with Gasteiger partial charge in [-0.3, -0.25) is 4.99 Å². The number of para-hydroxylation sites is 1. The molecule has 6 aromatic carbocycles. The van der Waals surface area contributed by atoms with E-state index < -0.39 is 0 Å². The van der Waals surface area contributed by atoms with Crippen molar-refractivity contribution in [2.24, 2.45) is 9.98 Å². The number of nitrogens with zero attached hydrogens (tertiary/aromatic N) is 3. The summed E-state index contributed by atoms with van der Waals surface area (Å²) in [6.07, 6.45) is 2.94. The van der Waals surface area contributed by atoms with Crippen molar-refractivity contribution < 1.29 is 4.42 Å². The van der Waals surface area contributed by atoms with Crippen LogP contribution in [0.25, 0.3) is 33.2 Å². The van der Waals surface area contributed by atoms with Gasteiger partial charge >= 0.3 is 0 Å². The minimum Gasteiger partial charge on any atom is -0.458 e. The van der Waals surface area contributed by atoms with E-state index in [0.29, 0.717) is 0 Å². The van der Waals surface area contributed by atoms with Gasteiger partial charge in [0.05, 0.1) is 11.8 Å². The Morgan fingerprint density at radius 2 is 1.26 bits per heavy atom. The molecule has 4 heteroatoms. The van der Waals surface area contributed by atoms with E-state index >= 15 is 0 Å². The molecule has 0 saturated carbocycles. The van der Waals surface area contributed by atoms with Crippen molar-refractivity contribution in [3.05, 3.63) is 186 Å². The molecule has 0 saturated heterocycles. The second-order valence-corrected chi connectivity index (χ2v) is 13.3. The highest BCUT2D eigenvalue weighted by Gasteiger charge is 2.35. The van der Waals surface area contributed by atoms with E-state index in [4.69, 9.17) is 14.4 Å². The molecule has 0 bridgehead atoms. The largest absolute Gasteiger partial charge is 0.458 e. The average Bonchev–Trinajstić information content (AvgIpc) is 3.55. The van der Waals surface area contributed by atoms with Crippen molar-refractivity contribution >= 4 is 28.2 Å². The highest BCUT2D eigenvalue weighted by Crippen LogP contribution is 2.51. The van der Waals surface area contributed by atoms with Gasteiger partial charge in [0.15, 0.2) is 5.84 Å². The van der Waals surface area contributed by atoms with E-state index in [1.54, 1.807) is 0 Å². The van der Waals surface area contributed by atoms with E-state index in [1.165, 1.54) is 27.9 Å². The SMILES string of the molecule is CN1c2ccc(-c3ccc(C4=N/C(c5ccccc5)CCC/C(c5ccccc5)=N\4)cc3)cc2-c2c(oc3ccccc23)C1c1ccccc1. The maximum absolute atomic E-state index is 6.65. The molecule has 2 aliphatic rings. The zero-order chi connectivity index (χ0) is 33.4. The molecule has 2 atom stereocenters. The van der Waals surface area contributed by atoms with Gasteiger partial charge in [0.1, 0.15) is 17.4 Å². The van der Waals surface area contributed by atoms with Crippen LogP contribution in [-0.4, -0.2) is 18.6 Å². The number of benzene rings is 6. The Hall–Kier alpha value is -6.00. The van der Waals surface area contributed by atoms with Crippen LogP contribution in [0.1, 0.15) is 59.4 Å². The number of rotatable bonds is 5. The first-order chi connectivity index (χ1) is 24.7. The van der Waals surface area contributed by atoms with E-state index in [2.05, 4.69) is 164 Å². The van der Waals surface area contributed by atoms with Gasteiger partial charge in [-0.05, 0) is 65.3 Å². The second-order valence-electron chi connectivity index (χ2n) is 13.3. The smallest absolute Gasteiger partial charge is 0.155 e. The van der Waals surface area contributed by atoms with Gasteiger partial charge in [0.25, 0.3) is 0 Å². The lowest BCUT2D eigenvalue weighted by Crippen LogP contribution is -2.28. The molecule has 50 heavy (non-hydrogen) atoms. The average molecular weight is 648 g/mol. The van der Waals surface area contributed by atoms with E-state index in [9.17, 15) is 0 Å². The summed E-state index contributed by atoms with van der Waals surface area (Å²) in [5.41, 5.74) is 12.5. The van der Waals surface area contributed by atoms with Crippen LogP contribution in [0.5, 0.6) is 0 Å². The van der Waals surface area contributed by atoms with Gasteiger partial charge in [0.2, 0.25) is 0 Å². The lowest BCUT2D eigenvalue weighted by Gasteiger charge is -2.35. The standard InChI is InChI=1S/C46H37N3O/c1-49-41-29-28-36(30-38(41)43-37-20-11-12-23-42(37)50-45(43)44(49)34-18-9-4-10-19-34)31-24-26-35(27-25-31)46-47-39(32-14-5-2-6-15-32)21-13-22-40(48-46)33-16-7-3-8-17-33/h2-12,14-20,23-30,39,44H,13,21-22H2,1H3/b47-46-,48-40+. The fourth-order valence-corrected chi connectivity index (χ4v) is 7.68. The highest BCUT2D eigenvalue weighted by molar-refractivity contribution is 6.12. The molecular weight excluding hydrogens is 611 g/mol. The van der Waals surface area contributed by atoms with Crippen LogP contribution in [0.2, 0.25) is 0 Å². The third kappa shape index (κ3) is 5.43. The Labute approximate surface area is 293 Å². The molecule has 9 rings (SSSR count). The van der Waals surface area contributed by atoms with Crippen molar-refractivity contribution in [3.8, 4) is 22.3 Å². The van der Waals surface area contributed by atoms with E-state index in [-0.39, 0.29) is 12.1 Å². The monoisotopic (exact) mass is 647 g/mol. The number of fused-ring (bicyclic) bond motifs is 5. The minimum atomic E-state index is -0.0122. The van der Waals surface area contributed by atoms with Crippen molar-refractivity contribution in [3.63, 3.8) is 0 Å². The Morgan fingerprint density at radius 1 is 0.620 bits per heavy atom. The molecule has 1 aromatic heterocycles. The third-order valence-corrected chi connectivity index (χ3v) is 10.2. The molecule has 0 N–H and O–H groups in total. The number of aliphatic imine (C=N–C) groups is 2. The van der Waals surface area contributed by atoms with Crippen LogP contribution in [-0.2, 0) is 0 Å². The molecule has 7 aromatic rings. The van der Waals surface area contributed by atoms with Gasteiger partial charge in [-0.2, -0.15) is 0 Å². The van der Waals surface area contributed by atoms with Gasteiger partial charge in [-0.1, -0.05) is 140 Å². The van der Waals surface area contributed by atoms with Crippen LogP contribution < -0.4 is 4.90 Å². The maximum atomic E-state index is 6.65. The van der Waals surface area contributed by atoms with Crippen molar-refractivity contribution in [2.75, 3.05) is 11.9 Å². The molecule has 0 aliphatic carbocycles. The number of hydrogen-bond acceptors (Lipinski definition) is 4. The summed E-state index contributed by atoms with van der Waals surface area (Å²) in [7, 11) is 2.17. The van der Waals surface area contributed by atoms with Gasteiger partial charge in [-0.15, -0.1) is 0 Å². The zero-order valence-corrected chi connectivity index (χ0v) is 28.0. The van der Waals surface area contributed by atoms with Crippen LogP contribution >= 0.6 is 0 Å². The predicted octanol–water partition coefficient (Wildman–Crippen LogP) is 11.5. The molecule has 0 spiro atoms. The lowest BCUT2D eigenvalue weighted by atomic mass is 9.87. The Balaban J connectivity index is 1.12. The summed E-state index contributed by atoms with van der Waals surface area (Å²) in [4.78, 5) is 12.9. The third-order valence-electron chi connectivity index (χ3n) is 10.2. The Kier molecular flexibility index (Phi) is 7.70. The van der Waals surface area contributed by atoms with E-state index in [0.717, 1.165) is 69.8 Å². The summed E-state index contributed by atoms with van der Waals surface area (Å²) in [6.45, 7) is 0. The van der Waals surface area contributed by atoms with Crippen LogP contribution in [0.3, 0.4) is 0 Å². The molecule has 3 heterocycles. The fraction of sp³-hybridized carbons (Fsp3) is 0.130. The van der Waals surface area contributed by atoms with Crippen molar-refractivity contribution in [1.29, 1.82) is 0 Å². The normalized spacial score (nSPS) is 19.3. The number of amidine groups is 1. The summed E-state index contributed by atoms with van der Waals surface area (Å²) >= 11 is 0. The Bertz CT molecular complexity index is 2360. The molecule has 0 amide bonds. The first-order valence-corrected chi connectivity index (χ1v) is 17.5. The molecule has 242 valence electrons. The van der Waals surface area contributed by atoms with Crippen LogP contribution in [0, 0.1) is 0 Å². The van der Waals surface area contributed by atoms with Crippen molar-refractivity contribution in [1.82, 2.24) is 0 Å². The maximum Gasteiger partial charge on any atom is 0.155 e. The lowest BCUT2D eigenvalue weighted by molar-refractivity contribution is 0.514. The van der Waals surface area contributed by atoms with E-state index in [1.807, 2.05) is 6.07 Å². The first-order valence-electron chi connectivity index (χ1n) is 17.5. The highest BCUT2D eigenvalue weighted by atomic mass is 16.3. The molecule has 2 unspecified atom stereocenters. The molecular formula is C46H37N3O. The number of anilines is 1.